The Morgan fingerprint density at radius 3 is 2.50 bits per heavy atom. The predicted octanol–water partition coefficient (Wildman–Crippen LogP) is 1.99. The number of benzene rings is 1. The third-order valence-electron chi connectivity index (χ3n) is 4.17. The van der Waals surface area contributed by atoms with Gasteiger partial charge in [0.25, 0.3) is 5.91 Å². The van der Waals surface area contributed by atoms with E-state index in [4.69, 9.17) is 14.2 Å². The second kappa shape index (κ2) is 9.36. The van der Waals surface area contributed by atoms with E-state index in [1.807, 2.05) is 13.8 Å². The highest BCUT2D eigenvalue weighted by atomic mass is 16.6. The van der Waals surface area contributed by atoms with Gasteiger partial charge in [-0.3, -0.25) is 14.5 Å². The van der Waals surface area contributed by atoms with E-state index in [0.717, 1.165) is 10.5 Å². The maximum absolute atomic E-state index is 12.8. The molecule has 1 heterocycles. The number of urea groups is 1. The number of carbonyl (C=O) groups excluding carboxylic acids is 3. The fraction of sp³-hybridized carbons (Fsp3) is 0.450. The fourth-order valence-electron chi connectivity index (χ4n) is 2.66. The van der Waals surface area contributed by atoms with Crippen molar-refractivity contribution < 1.29 is 28.6 Å². The van der Waals surface area contributed by atoms with Gasteiger partial charge in [0.15, 0.2) is 0 Å². The molecule has 1 aromatic carbocycles. The highest BCUT2D eigenvalue weighted by Gasteiger charge is 2.49. The average Bonchev–Trinajstić information content (AvgIpc) is 2.88. The highest BCUT2D eigenvalue weighted by molar-refractivity contribution is 6.08. The average molecular weight is 390 g/mol. The van der Waals surface area contributed by atoms with Gasteiger partial charge in [-0.1, -0.05) is 18.7 Å². The number of ether oxygens (including phenoxy) is 3. The lowest BCUT2D eigenvalue weighted by molar-refractivity contribution is -0.149. The Morgan fingerprint density at radius 2 is 1.89 bits per heavy atom. The zero-order valence-electron chi connectivity index (χ0n) is 16.4. The van der Waals surface area contributed by atoms with Gasteiger partial charge in [-0.2, -0.15) is 0 Å². The lowest BCUT2D eigenvalue weighted by Crippen LogP contribution is -2.41. The molecule has 152 valence electrons. The first-order chi connectivity index (χ1) is 13.3. The third kappa shape index (κ3) is 5.10. The SMILES string of the molecule is C=C(C)COc1ccc(C2(C)NC(=O)N(CC(=O)OCCOCC)C2=O)cc1. The number of imide groups is 1. The molecule has 1 fully saturated rings. The van der Waals surface area contributed by atoms with Gasteiger partial charge in [-0.05, 0) is 44.0 Å². The second-order valence-corrected chi connectivity index (χ2v) is 6.63. The van der Waals surface area contributed by atoms with E-state index in [1.165, 1.54) is 0 Å². The topological polar surface area (TPSA) is 94.2 Å². The largest absolute Gasteiger partial charge is 0.489 e. The molecule has 8 heteroatoms. The van der Waals surface area contributed by atoms with E-state index in [2.05, 4.69) is 11.9 Å². The molecule has 0 radical (unpaired) electrons. The van der Waals surface area contributed by atoms with E-state index in [1.54, 1.807) is 31.2 Å². The van der Waals surface area contributed by atoms with E-state index >= 15 is 0 Å². The second-order valence-electron chi connectivity index (χ2n) is 6.63. The van der Waals surface area contributed by atoms with Gasteiger partial charge >= 0.3 is 12.0 Å². The van der Waals surface area contributed by atoms with E-state index < -0.39 is 30.0 Å². The molecule has 8 nitrogen and oxygen atoms in total. The number of rotatable bonds is 10. The Morgan fingerprint density at radius 1 is 1.21 bits per heavy atom. The molecular formula is C20H26N2O6. The number of hydrogen-bond donors (Lipinski definition) is 1. The van der Waals surface area contributed by atoms with Gasteiger partial charge in [0, 0.05) is 6.61 Å². The van der Waals surface area contributed by atoms with E-state index in [0.29, 0.717) is 24.5 Å². The summed E-state index contributed by atoms with van der Waals surface area (Å²) in [5, 5.41) is 2.65. The standard InChI is InChI=1S/C20H26N2O6/c1-5-26-10-11-27-17(23)12-22-18(24)20(4,21-19(22)25)15-6-8-16(9-7-15)28-13-14(2)3/h6-9H,2,5,10-13H2,1,3-4H3,(H,21,25). The quantitative estimate of drug-likeness (QED) is 0.284. The molecule has 1 aliphatic rings. The van der Waals surface area contributed by atoms with Crippen LogP contribution in [0.15, 0.2) is 36.4 Å². The smallest absolute Gasteiger partial charge is 0.326 e. The Labute approximate surface area is 164 Å². The minimum atomic E-state index is -1.27. The first-order valence-electron chi connectivity index (χ1n) is 9.03. The van der Waals surface area contributed by atoms with Crippen LogP contribution < -0.4 is 10.1 Å². The summed E-state index contributed by atoms with van der Waals surface area (Å²) < 4.78 is 15.6. The summed E-state index contributed by atoms with van der Waals surface area (Å²) in [6.07, 6.45) is 0. The summed E-state index contributed by atoms with van der Waals surface area (Å²) in [6, 6.07) is 6.20. The van der Waals surface area contributed by atoms with E-state index in [-0.39, 0.29) is 13.2 Å². The van der Waals surface area contributed by atoms with Crippen molar-refractivity contribution in [2.24, 2.45) is 0 Å². The lowest BCUT2D eigenvalue weighted by Gasteiger charge is -2.22. The molecule has 1 unspecified atom stereocenters. The molecule has 2 rings (SSSR count). The predicted molar refractivity (Wildman–Crippen MR) is 102 cm³/mol. The Balaban J connectivity index is 2.02. The van der Waals surface area contributed by atoms with Crippen molar-refractivity contribution in [2.45, 2.75) is 26.3 Å². The molecule has 1 atom stereocenters. The molecule has 1 aromatic rings. The molecule has 0 saturated carbocycles. The summed E-state index contributed by atoms with van der Waals surface area (Å²) in [7, 11) is 0. The summed E-state index contributed by atoms with van der Waals surface area (Å²) in [6.45, 7) is 9.84. The summed E-state index contributed by atoms with van der Waals surface area (Å²) >= 11 is 0. The van der Waals surface area contributed by atoms with Crippen molar-refractivity contribution in [3.63, 3.8) is 0 Å². The van der Waals surface area contributed by atoms with Crippen molar-refractivity contribution >= 4 is 17.9 Å². The summed E-state index contributed by atoms with van der Waals surface area (Å²) in [4.78, 5) is 37.8. The van der Waals surface area contributed by atoms with Gasteiger partial charge < -0.3 is 19.5 Å². The molecular weight excluding hydrogens is 364 g/mol. The number of nitrogens with zero attached hydrogens (tertiary/aromatic N) is 1. The monoisotopic (exact) mass is 390 g/mol. The van der Waals surface area contributed by atoms with Crippen molar-refractivity contribution in [1.29, 1.82) is 0 Å². The summed E-state index contributed by atoms with van der Waals surface area (Å²) in [5.41, 5.74) is 0.203. The number of nitrogens with one attached hydrogen (secondary N) is 1. The van der Waals surface area contributed by atoms with Crippen LogP contribution in [-0.4, -0.2) is 55.8 Å². The van der Waals surface area contributed by atoms with Gasteiger partial charge in [-0.25, -0.2) is 4.79 Å². The van der Waals surface area contributed by atoms with Gasteiger partial charge in [0.1, 0.15) is 31.0 Å². The molecule has 0 aliphatic carbocycles. The van der Waals surface area contributed by atoms with Crippen LogP contribution in [0.2, 0.25) is 0 Å². The maximum atomic E-state index is 12.8. The normalized spacial score (nSPS) is 18.8. The van der Waals surface area contributed by atoms with Crippen LogP contribution in [0.25, 0.3) is 0 Å². The van der Waals surface area contributed by atoms with Crippen LogP contribution in [0, 0.1) is 0 Å². The molecule has 1 aliphatic heterocycles. The Kier molecular flexibility index (Phi) is 7.17. The minimum absolute atomic E-state index is 0.0687. The van der Waals surface area contributed by atoms with Gasteiger partial charge in [-0.15, -0.1) is 0 Å². The first kappa shape index (κ1) is 21.4. The zero-order valence-corrected chi connectivity index (χ0v) is 16.4. The van der Waals surface area contributed by atoms with Gasteiger partial charge in [0.05, 0.1) is 6.61 Å². The molecule has 1 saturated heterocycles. The van der Waals surface area contributed by atoms with Gasteiger partial charge in [0.2, 0.25) is 0 Å². The van der Waals surface area contributed by atoms with Crippen LogP contribution in [0.1, 0.15) is 26.3 Å². The molecule has 0 aromatic heterocycles. The molecule has 1 N–H and O–H groups in total. The Bertz CT molecular complexity index is 746. The molecule has 3 amide bonds. The van der Waals surface area contributed by atoms with Crippen LogP contribution in [0.5, 0.6) is 5.75 Å². The van der Waals surface area contributed by atoms with Crippen LogP contribution >= 0.6 is 0 Å². The van der Waals surface area contributed by atoms with E-state index in [9.17, 15) is 14.4 Å². The summed E-state index contributed by atoms with van der Waals surface area (Å²) in [5.74, 6) is -0.562. The maximum Gasteiger partial charge on any atom is 0.326 e. The van der Waals surface area contributed by atoms with Crippen molar-refractivity contribution in [3.05, 3.63) is 42.0 Å². The third-order valence-corrected chi connectivity index (χ3v) is 4.17. The number of esters is 1. The fourth-order valence-corrected chi connectivity index (χ4v) is 2.66. The van der Waals surface area contributed by atoms with Crippen LogP contribution in [-0.2, 0) is 24.6 Å². The van der Waals surface area contributed by atoms with Crippen molar-refractivity contribution in [1.82, 2.24) is 10.2 Å². The zero-order chi connectivity index (χ0) is 20.7. The molecule has 0 spiro atoms. The highest BCUT2D eigenvalue weighted by Crippen LogP contribution is 2.30. The first-order valence-corrected chi connectivity index (χ1v) is 9.03. The number of carbonyl (C=O) groups is 3. The van der Waals surface area contributed by atoms with Crippen LogP contribution in [0.3, 0.4) is 0 Å². The van der Waals surface area contributed by atoms with Crippen molar-refractivity contribution in [2.75, 3.05) is 33.0 Å². The lowest BCUT2D eigenvalue weighted by atomic mass is 9.92. The number of amides is 3. The molecule has 0 bridgehead atoms. The molecule has 28 heavy (non-hydrogen) atoms. The Hall–Kier alpha value is -2.87. The minimum Gasteiger partial charge on any atom is -0.489 e. The van der Waals surface area contributed by atoms with Crippen molar-refractivity contribution in [3.8, 4) is 5.75 Å². The van der Waals surface area contributed by atoms with Crippen LogP contribution in [0.4, 0.5) is 4.79 Å². The number of hydrogen-bond acceptors (Lipinski definition) is 6.